The lowest BCUT2D eigenvalue weighted by Crippen LogP contribution is -2.33. The van der Waals surface area contributed by atoms with Crippen molar-refractivity contribution in [1.82, 2.24) is 4.90 Å². The maximum absolute atomic E-state index is 12.5. The molecule has 1 saturated heterocycles. The summed E-state index contributed by atoms with van der Waals surface area (Å²) < 4.78 is 0. The molecule has 1 aliphatic heterocycles. The molecule has 1 heterocycles. The lowest BCUT2D eigenvalue weighted by atomic mass is 9.82. The van der Waals surface area contributed by atoms with Crippen LogP contribution in [0, 0.1) is 5.41 Å². The second-order valence-electron chi connectivity index (χ2n) is 5.92. The molecule has 0 radical (unpaired) electrons. The van der Waals surface area contributed by atoms with Crippen molar-refractivity contribution in [2.75, 3.05) is 13.1 Å². The van der Waals surface area contributed by atoms with E-state index in [4.69, 9.17) is 5.73 Å². The van der Waals surface area contributed by atoms with E-state index < -0.39 is 0 Å². The minimum atomic E-state index is 0.245. The van der Waals surface area contributed by atoms with E-state index in [2.05, 4.69) is 13.8 Å². The summed E-state index contributed by atoms with van der Waals surface area (Å²) in [4.78, 5) is 14.5. The molecular weight excluding hydrogens is 248 g/mol. The van der Waals surface area contributed by atoms with Crippen LogP contribution < -0.4 is 5.73 Å². The first-order chi connectivity index (χ1) is 9.64. The number of nitrogens with two attached hydrogens (primary N) is 1. The molecule has 0 unspecified atom stereocenters. The average molecular weight is 274 g/mol. The number of likely N-dealkylation sites (tertiary alicyclic amines) is 1. The zero-order chi connectivity index (χ0) is 14.6. The minimum absolute atomic E-state index is 0.245. The third-order valence-corrected chi connectivity index (χ3v) is 4.97. The maximum atomic E-state index is 12.5. The van der Waals surface area contributed by atoms with Gasteiger partial charge in [-0.05, 0) is 35.8 Å². The van der Waals surface area contributed by atoms with Gasteiger partial charge in [-0.15, -0.1) is 0 Å². The van der Waals surface area contributed by atoms with Crippen molar-refractivity contribution >= 4 is 5.91 Å². The molecule has 0 atom stereocenters. The first-order valence-corrected chi connectivity index (χ1v) is 7.68. The van der Waals surface area contributed by atoms with Crippen molar-refractivity contribution < 1.29 is 4.79 Å². The van der Waals surface area contributed by atoms with Gasteiger partial charge in [0.2, 0.25) is 5.91 Å². The first-order valence-electron chi connectivity index (χ1n) is 7.68. The summed E-state index contributed by atoms with van der Waals surface area (Å²) in [6.45, 7) is 6.80. The lowest BCUT2D eigenvalue weighted by Gasteiger charge is -2.26. The van der Waals surface area contributed by atoms with Crippen molar-refractivity contribution in [2.24, 2.45) is 11.1 Å². The van der Waals surface area contributed by atoms with Crippen molar-refractivity contribution in [3.05, 3.63) is 35.4 Å². The van der Waals surface area contributed by atoms with E-state index >= 15 is 0 Å². The Morgan fingerprint density at radius 1 is 1.25 bits per heavy atom. The second kappa shape index (κ2) is 6.40. The largest absolute Gasteiger partial charge is 0.342 e. The molecule has 0 spiro atoms. The van der Waals surface area contributed by atoms with Gasteiger partial charge in [-0.1, -0.05) is 38.1 Å². The predicted molar refractivity (Wildman–Crippen MR) is 82.2 cm³/mol. The number of benzene rings is 1. The third kappa shape index (κ3) is 3.04. The smallest absolute Gasteiger partial charge is 0.227 e. The quantitative estimate of drug-likeness (QED) is 0.897. The zero-order valence-corrected chi connectivity index (χ0v) is 12.7. The molecule has 0 aliphatic carbocycles. The summed E-state index contributed by atoms with van der Waals surface area (Å²) in [6.07, 6.45) is 3.94. The molecule has 0 saturated carbocycles. The number of hydrogen-bond acceptors (Lipinski definition) is 2. The molecular formula is C17H26N2O. The van der Waals surface area contributed by atoms with E-state index in [9.17, 15) is 4.79 Å². The van der Waals surface area contributed by atoms with Gasteiger partial charge in [0.25, 0.3) is 0 Å². The highest BCUT2D eigenvalue weighted by atomic mass is 16.2. The van der Waals surface area contributed by atoms with Gasteiger partial charge >= 0.3 is 0 Å². The van der Waals surface area contributed by atoms with Crippen LogP contribution in [0.3, 0.4) is 0 Å². The highest BCUT2D eigenvalue weighted by molar-refractivity contribution is 5.79. The Hall–Kier alpha value is -1.35. The molecule has 3 nitrogen and oxygen atoms in total. The van der Waals surface area contributed by atoms with Gasteiger partial charge in [-0.2, -0.15) is 0 Å². The Labute approximate surface area is 122 Å². The zero-order valence-electron chi connectivity index (χ0n) is 12.7. The van der Waals surface area contributed by atoms with E-state index in [1.807, 2.05) is 29.2 Å². The molecule has 110 valence electrons. The van der Waals surface area contributed by atoms with E-state index in [0.29, 0.717) is 18.4 Å². The van der Waals surface area contributed by atoms with Crippen LogP contribution in [0.25, 0.3) is 0 Å². The Balaban J connectivity index is 2.03. The molecule has 1 fully saturated rings. The van der Waals surface area contributed by atoms with Crippen molar-refractivity contribution in [3.8, 4) is 0 Å². The molecule has 1 aliphatic rings. The standard InChI is InChI=1S/C17H26N2O/c1-3-17(4-2)9-10-19(13-17)16(20)11-14-7-5-6-8-15(14)12-18/h5-8H,3-4,9-13,18H2,1-2H3. The highest BCUT2D eigenvalue weighted by Crippen LogP contribution is 2.37. The van der Waals surface area contributed by atoms with Crippen LogP contribution in [0.15, 0.2) is 24.3 Å². The van der Waals surface area contributed by atoms with E-state index in [1.165, 1.54) is 0 Å². The van der Waals surface area contributed by atoms with Crippen LogP contribution in [0.1, 0.15) is 44.2 Å². The SMILES string of the molecule is CCC1(CC)CCN(C(=O)Cc2ccccc2CN)C1. The van der Waals surface area contributed by atoms with Gasteiger partial charge in [-0.3, -0.25) is 4.79 Å². The fourth-order valence-electron chi connectivity index (χ4n) is 3.18. The number of carbonyl (C=O) groups excluding carboxylic acids is 1. The molecule has 0 bridgehead atoms. The molecule has 1 aromatic rings. The number of hydrogen-bond donors (Lipinski definition) is 1. The molecule has 20 heavy (non-hydrogen) atoms. The normalized spacial score (nSPS) is 17.4. The van der Waals surface area contributed by atoms with Crippen LogP contribution in [0.2, 0.25) is 0 Å². The van der Waals surface area contributed by atoms with Crippen LogP contribution in [0.5, 0.6) is 0 Å². The van der Waals surface area contributed by atoms with Crippen molar-refractivity contribution in [3.63, 3.8) is 0 Å². The van der Waals surface area contributed by atoms with Gasteiger partial charge in [0, 0.05) is 19.6 Å². The number of amides is 1. The van der Waals surface area contributed by atoms with E-state index in [-0.39, 0.29) is 5.91 Å². The molecule has 1 amide bonds. The molecule has 1 aromatic carbocycles. The summed E-state index contributed by atoms with van der Waals surface area (Å²) in [6, 6.07) is 7.98. The predicted octanol–water partition coefficient (Wildman–Crippen LogP) is 2.73. The summed E-state index contributed by atoms with van der Waals surface area (Å²) >= 11 is 0. The van der Waals surface area contributed by atoms with Crippen LogP contribution in [-0.2, 0) is 17.8 Å². The molecule has 2 rings (SSSR count). The van der Waals surface area contributed by atoms with Gasteiger partial charge < -0.3 is 10.6 Å². The average Bonchev–Trinajstić information content (AvgIpc) is 2.93. The first kappa shape index (κ1) is 15.0. The highest BCUT2D eigenvalue weighted by Gasteiger charge is 2.36. The Morgan fingerprint density at radius 3 is 2.45 bits per heavy atom. The van der Waals surface area contributed by atoms with Crippen molar-refractivity contribution in [2.45, 2.75) is 46.1 Å². The van der Waals surface area contributed by atoms with Crippen LogP contribution in [-0.4, -0.2) is 23.9 Å². The number of carbonyl (C=O) groups is 1. The third-order valence-electron chi connectivity index (χ3n) is 4.97. The van der Waals surface area contributed by atoms with Crippen LogP contribution >= 0.6 is 0 Å². The maximum Gasteiger partial charge on any atom is 0.227 e. The monoisotopic (exact) mass is 274 g/mol. The van der Waals surface area contributed by atoms with Gasteiger partial charge in [-0.25, -0.2) is 0 Å². The molecule has 3 heteroatoms. The fourth-order valence-corrected chi connectivity index (χ4v) is 3.18. The Morgan fingerprint density at radius 2 is 1.90 bits per heavy atom. The Kier molecular flexibility index (Phi) is 4.81. The topological polar surface area (TPSA) is 46.3 Å². The van der Waals surface area contributed by atoms with E-state index in [1.54, 1.807) is 0 Å². The fraction of sp³-hybridized carbons (Fsp3) is 0.588. The lowest BCUT2D eigenvalue weighted by molar-refractivity contribution is -0.129. The van der Waals surface area contributed by atoms with Crippen LogP contribution in [0.4, 0.5) is 0 Å². The van der Waals surface area contributed by atoms with E-state index in [0.717, 1.165) is 43.5 Å². The molecule has 2 N–H and O–H groups in total. The number of nitrogens with zero attached hydrogens (tertiary/aromatic N) is 1. The second-order valence-corrected chi connectivity index (χ2v) is 5.92. The Bertz CT molecular complexity index is 466. The minimum Gasteiger partial charge on any atom is -0.342 e. The van der Waals surface area contributed by atoms with Gasteiger partial charge in [0.1, 0.15) is 0 Å². The summed E-state index contributed by atoms with van der Waals surface area (Å²) in [5, 5.41) is 0. The number of rotatable bonds is 5. The molecule has 0 aromatic heterocycles. The van der Waals surface area contributed by atoms with Gasteiger partial charge in [0.05, 0.1) is 6.42 Å². The van der Waals surface area contributed by atoms with Crippen molar-refractivity contribution in [1.29, 1.82) is 0 Å². The summed E-state index contributed by atoms with van der Waals surface area (Å²) in [5.74, 6) is 0.245. The summed E-state index contributed by atoms with van der Waals surface area (Å²) in [7, 11) is 0. The van der Waals surface area contributed by atoms with Gasteiger partial charge in [0.15, 0.2) is 0 Å². The summed E-state index contributed by atoms with van der Waals surface area (Å²) in [5.41, 5.74) is 8.25.